The van der Waals surface area contributed by atoms with Crippen molar-refractivity contribution < 1.29 is 4.79 Å². The van der Waals surface area contributed by atoms with Gasteiger partial charge < -0.3 is 4.90 Å². The first-order chi connectivity index (χ1) is 10.3. The van der Waals surface area contributed by atoms with Crippen LogP contribution in [0, 0.1) is 6.92 Å². The van der Waals surface area contributed by atoms with Crippen molar-refractivity contribution in [3.05, 3.63) is 42.8 Å². The van der Waals surface area contributed by atoms with Gasteiger partial charge in [-0.15, -0.1) is 0 Å². The van der Waals surface area contributed by atoms with Crippen LogP contribution in [0.15, 0.2) is 30.3 Å². The molecular formula is C18H27N2O. The second kappa shape index (κ2) is 8.83. The van der Waals surface area contributed by atoms with Crippen LogP contribution in [-0.2, 0) is 11.3 Å². The number of benzene rings is 1. The summed E-state index contributed by atoms with van der Waals surface area (Å²) in [5.74, 6) is 0.332. The van der Waals surface area contributed by atoms with E-state index in [1.54, 1.807) is 0 Å². The van der Waals surface area contributed by atoms with Crippen LogP contribution in [-0.4, -0.2) is 41.9 Å². The molecule has 0 atom stereocenters. The molecule has 1 saturated heterocycles. The summed E-state index contributed by atoms with van der Waals surface area (Å²) in [6, 6.07) is 10.6. The summed E-state index contributed by atoms with van der Waals surface area (Å²) in [5.41, 5.74) is 1.35. The third kappa shape index (κ3) is 5.50. The first-order valence-electron chi connectivity index (χ1n) is 8.13. The van der Waals surface area contributed by atoms with Crippen molar-refractivity contribution in [3.63, 3.8) is 0 Å². The van der Waals surface area contributed by atoms with E-state index in [0.717, 1.165) is 58.4 Å². The van der Waals surface area contributed by atoms with Gasteiger partial charge in [-0.3, -0.25) is 9.69 Å². The average Bonchev–Trinajstić information content (AvgIpc) is 2.53. The van der Waals surface area contributed by atoms with E-state index in [1.165, 1.54) is 5.56 Å². The molecule has 0 saturated carbocycles. The van der Waals surface area contributed by atoms with Gasteiger partial charge in [0.15, 0.2) is 0 Å². The van der Waals surface area contributed by atoms with Gasteiger partial charge in [-0.2, -0.15) is 0 Å². The van der Waals surface area contributed by atoms with Gasteiger partial charge in [0.25, 0.3) is 0 Å². The monoisotopic (exact) mass is 287 g/mol. The molecule has 115 valence electrons. The number of rotatable bonds is 7. The lowest BCUT2D eigenvalue weighted by atomic mass is 10.1. The molecule has 0 spiro atoms. The molecule has 0 unspecified atom stereocenters. The third-order valence-corrected chi connectivity index (χ3v) is 4.11. The summed E-state index contributed by atoms with van der Waals surface area (Å²) in [6.45, 7) is 8.55. The van der Waals surface area contributed by atoms with Gasteiger partial charge in [0.1, 0.15) is 0 Å². The highest BCUT2D eigenvalue weighted by Gasteiger charge is 2.20. The Morgan fingerprint density at radius 1 is 1.00 bits per heavy atom. The second-order valence-corrected chi connectivity index (χ2v) is 5.81. The zero-order valence-electron chi connectivity index (χ0n) is 13.0. The molecule has 1 aromatic carbocycles. The Morgan fingerprint density at radius 2 is 1.71 bits per heavy atom. The summed E-state index contributed by atoms with van der Waals surface area (Å²) >= 11 is 0. The summed E-state index contributed by atoms with van der Waals surface area (Å²) in [6.07, 6.45) is 4.96. The third-order valence-electron chi connectivity index (χ3n) is 4.11. The number of hydrogen-bond donors (Lipinski definition) is 0. The zero-order valence-corrected chi connectivity index (χ0v) is 13.0. The number of piperazine rings is 1. The van der Waals surface area contributed by atoms with Gasteiger partial charge in [-0.1, -0.05) is 56.5 Å². The normalized spacial score (nSPS) is 16.1. The summed E-state index contributed by atoms with van der Waals surface area (Å²) in [7, 11) is 0. The van der Waals surface area contributed by atoms with Crippen molar-refractivity contribution in [2.75, 3.05) is 26.2 Å². The van der Waals surface area contributed by atoms with Crippen molar-refractivity contribution in [2.24, 2.45) is 0 Å². The van der Waals surface area contributed by atoms with Crippen LogP contribution in [0.5, 0.6) is 0 Å². The molecule has 0 aromatic heterocycles. The molecule has 1 aliphatic rings. The van der Waals surface area contributed by atoms with Crippen molar-refractivity contribution in [1.29, 1.82) is 0 Å². The molecule has 1 aliphatic heterocycles. The number of carbonyl (C=O) groups is 1. The number of unbranched alkanes of at least 4 members (excludes halogenated alkanes) is 3. The lowest BCUT2D eigenvalue weighted by molar-refractivity contribution is -0.133. The van der Waals surface area contributed by atoms with E-state index in [-0.39, 0.29) is 0 Å². The van der Waals surface area contributed by atoms with Crippen LogP contribution in [0.3, 0.4) is 0 Å². The van der Waals surface area contributed by atoms with Crippen molar-refractivity contribution in [3.8, 4) is 0 Å². The minimum atomic E-state index is 0.332. The maximum atomic E-state index is 12.1. The maximum absolute atomic E-state index is 12.1. The Labute approximate surface area is 128 Å². The van der Waals surface area contributed by atoms with E-state index in [2.05, 4.69) is 42.2 Å². The molecular weight excluding hydrogens is 260 g/mol. The standard InChI is InChI=1S/C18H27N2O/c1-2-3-4-8-11-18(21)20-14-12-19(13-15-20)16-17-9-6-5-7-10-17/h5-7,9-10H,1-4,8,11-16H2. The van der Waals surface area contributed by atoms with Crippen LogP contribution < -0.4 is 0 Å². The Morgan fingerprint density at radius 3 is 2.38 bits per heavy atom. The highest BCUT2D eigenvalue weighted by atomic mass is 16.2. The molecule has 1 fully saturated rings. The Kier molecular flexibility index (Phi) is 6.74. The fourth-order valence-electron chi connectivity index (χ4n) is 2.78. The van der Waals surface area contributed by atoms with Gasteiger partial charge in [-0.25, -0.2) is 0 Å². The molecule has 2 rings (SSSR count). The van der Waals surface area contributed by atoms with E-state index >= 15 is 0 Å². The van der Waals surface area contributed by atoms with Gasteiger partial charge in [0.2, 0.25) is 5.91 Å². The molecule has 0 bridgehead atoms. The summed E-state index contributed by atoms with van der Waals surface area (Å²) in [5, 5.41) is 0. The topological polar surface area (TPSA) is 23.6 Å². The van der Waals surface area contributed by atoms with Crippen molar-refractivity contribution in [2.45, 2.75) is 38.6 Å². The molecule has 0 aliphatic carbocycles. The average molecular weight is 287 g/mol. The van der Waals surface area contributed by atoms with Crippen LogP contribution in [0.2, 0.25) is 0 Å². The number of amides is 1. The van der Waals surface area contributed by atoms with Gasteiger partial charge in [0, 0.05) is 39.1 Å². The quantitative estimate of drug-likeness (QED) is 0.719. The molecule has 1 amide bonds. The van der Waals surface area contributed by atoms with Crippen molar-refractivity contribution >= 4 is 5.91 Å². The fraction of sp³-hybridized carbons (Fsp3) is 0.556. The predicted octanol–water partition coefficient (Wildman–Crippen LogP) is 3.12. The van der Waals surface area contributed by atoms with Crippen molar-refractivity contribution in [1.82, 2.24) is 9.80 Å². The van der Waals surface area contributed by atoms with E-state index in [1.807, 2.05) is 4.90 Å². The molecule has 1 aromatic rings. The molecule has 0 N–H and O–H groups in total. The van der Waals surface area contributed by atoms with E-state index in [0.29, 0.717) is 12.3 Å². The Balaban J connectivity index is 1.67. The Bertz CT molecular complexity index is 410. The summed E-state index contributed by atoms with van der Waals surface area (Å²) in [4.78, 5) is 16.6. The summed E-state index contributed by atoms with van der Waals surface area (Å²) < 4.78 is 0. The molecule has 3 nitrogen and oxygen atoms in total. The lowest BCUT2D eigenvalue weighted by Gasteiger charge is -2.34. The van der Waals surface area contributed by atoms with Gasteiger partial charge >= 0.3 is 0 Å². The molecule has 21 heavy (non-hydrogen) atoms. The predicted molar refractivity (Wildman–Crippen MR) is 86.7 cm³/mol. The lowest BCUT2D eigenvalue weighted by Crippen LogP contribution is -2.48. The van der Waals surface area contributed by atoms with Crippen LogP contribution in [0.1, 0.15) is 37.7 Å². The largest absolute Gasteiger partial charge is 0.340 e. The highest BCUT2D eigenvalue weighted by Crippen LogP contribution is 2.11. The smallest absolute Gasteiger partial charge is 0.222 e. The van der Waals surface area contributed by atoms with Gasteiger partial charge in [-0.05, 0) is 12.0 Å². The SMILES string of the molecule is [CH2]CCCCCC(=O)N1CCN(Cc2ccccc2)CC1. The molecule has 1 heterocycles. The maximum Gasteiger partial charge on any atom is 0.222 e. The zero-order chi connectivity index (χ0) is 14.9. The van der Waals surface area contributed by atoms with Gasteiger partial charge in [0.05, 0.1) is 0 Å². The fourth-order valence-corrected chi connectivity index (χ4v) is 2.78. The number of nitrogens with zero attached hydrogens (tertiary/aromatic N) is 2. The second-order valence-electron chi connectivity index (χ2n) is 5.81. The minimum absolute atomic E-state index is 0.332. The number of hydrogen-bond acceptors (Lipinski definition) is 2. The molecule has 3 heteroatoms. The number of carbonyl (C=O) groups excluding carboxylic acids is 1. The first-order valence-corrected chi connectivity index (χ1v) is 8.13. The van der Waals surface area contributed by atoms with Crippen LogP contribution in [0.25, 0.3) is 0 Å². The highest BCUT2D eigenvalue weighted by molar-refractivity contribution is 5.76. The van der Waals surface area contributed by atoms with E-state index in [9.17, 15) is 4.79 Å². The van der Waals surface area contributed by atoms with E-state index in [4.69, 9.17) is 0 Å². The molecule has 1 radical (unpaired) electrons. The Hall–Kier alpha value is -1.35. The van der Waals surface area contributed by atoms with Crippen LogP contribution >= 0.6 is 0 Å². The van der Waals surface area contributed by atoms with Crippen LogP contribution in [0.4, 0.5) is 0 Å². The minimum Gasteiger partial charge on any atom is -0.340 e. The van der Waals surface area contributed by atoms with E-state index < -0.39 is 0 Å². The first kappa shape index (κ1) is 16.0.